The third-order valence-electron chi connectivity index (χ3n) is 17.7. The monoisotopic (exact) mass is 970 g/mol. The molecule has 4 aliphatic rings. The van der Waals surface area contributed by atoms with E-state index in [0.29, 0.717) is 0 Å². The van der Waals surface area contributed by atoms with Gasteiger partial charge in [0, 0.05) is 71.4 Å². The van der Waals surface area contributed by atoms with Crippen LogP contribution < -0.4 is 31.1 Å². The molecule has 0 saturated heterocycles. The summed E-state index contributed by atoms with van der Waals surface area (Å²) in [7, 11) is 0. The van der Waals surface area contributed by atoms with Crippen LogP contribution >= 0.6 is 11.3 Å². The first-order chi connectivity index (χ1) is 34.7. The molecule has 9 aromatic rings. The standard InChI is InChI=1S/C68H68BN3S/c1-42-33-50-53(68(11,12)41-67(50,9)10)39-56(42)72-58-40-52-51(65(5,6)31-32-66(52,7)8)38-55(58)69-54-30-28-46(70(44-21-15-13-16-22-44)45-23-17-14-18-24-45)36-57(54)71(59-34-43(64(2,3)4)35-60(72)63(59)69)47-27-29-49-48-25-19-20-26-61(48)73-62(49)37-47/h13-30,33-40H,31-32,41H2,1-12H3. The minimum Gasteiger partial charge on any atom is -0.311 e. The molecule has 1 aromatic heterocycles. The molecule has 0 radical (unpaired) electrons. The highest BCUT2D eigenvalue weighted by Gasteiger charge is 2.49. The summed E-state index contributed by atoms with van der Waals surface area (Å²) in [5.74, 6) is 0. The number of hydrogen-bond donors (Lipinski definition) is 0. The molecular weight excluding hydrogens is 902 g/mol. The Morgan fingerprint density at radius 3 is 1.67 bits per heavy atom. The molecule has 0 saturated carbocycles. The number of fused-ring (bicyclic) bond motifs is 9. The van der Waals surface area contributed by atoms with Crippen molar-refractivity contribution in [3.63, 3.8) is 0 Å². The van der Waals surface area contributed by atoms with Gasteiger partial charge in [0.15, 0.2) is 0 Å². The lowest BCUT2D eigenvalue weighted by atomic mass is 9.33. The molecule has 3 heterocycles. The number of thiophene rings is 1. The topological polar surface area (TPSA) is 9.72 Å². The average Bonchev–Trinajstić information content (AvgIpc) is 3.82. The van der Waals surface area contributed by atoms with Gasteiger partial charge in [-0.05, 0) is 182 Å². The molecule has 2 aliphatic carbocycles. The van der Waals surface area contributed by atoms with E-state index in [0.717, 1.165) is 36.3 Å². The van der Waals surface area contributed by atoms with Crippen molar-refractivity contribution in [3.8, 4) is 0 Å². The molecule has 13 rings (SSSR count). The number of nitrogens with zero attached hydrogens (tertiary/aromatic N) is 3. The van der Waals surface area contributed by atoms with Crippen LogP contribution in [0.25, 0.3) is 20.2 Å². The van der Waals surface area contributed by atoms with Crippen molar-refractivity contribution in [2.75, 3.05) is 14.7 Å². The molecule has 2 aliphatic heterocycles. The van der Waals surface area contributed by atoms with Crippen molar-refractivity contribution in [1.82, 2.24) is 0 Å². The Hall–Kier alpha value is -6.56. The summed E-state index contributed by atoms with van der Waals surface area (Å²) in [5, 5.41) is 2.63. The van der Waals surface area contributed by atoms with Crippen molar-refractivity contribution in [2.45, 2.75) is 129 Å². The van der Waals surface area contributed by atoms with Crippen LogP contribution in [0.15, 0.2) is 158 Å². The average molecular weight is 970 g/mol. The van der Waals surface area contributed by atoms with Crippen LogP contribution in [0.5, 0.6) is 0 Å². The van der Waals surface area contributed by atoms with Gasteiger partial charge in [0.1, 0.15) is 0 Å². The second-order valence-corrected chi connectivity index (χ2v) is 26.7. The van der Waals surface area contributed by atoms with E-state index in [1.54, 1.807) is 0 Å². The highest BCUT2D eigenvalue weighted by molar-refractivity contribution is 7.25. The van der Waals surface area contributed by atoms with Gasteiger partial charge < -0.3 is 14.7 Å². The summed E-state index contributed by atoms with van der Waals surface area (Å²) < 4.78 is 2.62. The van der Waals surface area contributed by atoms with E-state index < -0.39 is 0 Å². The van der Waals surface area contributed by atoms with Crippen molar-refractivity contribution in [3.05, 3.63) is 191 Å². The molecule has 364 valence electrons. The van der Waals surface area contributed by atoms with Crippen LogP contribution in [0.4, 0.5) is 51.2 Å². The zero-order valence-electron chi connectivity index (χ0n) is 45.0. The lowest BCUT2D eigenvalue weighted by Gasteiger charge is -2.48. The summed E-state index contributed by atoms with van der Waals surface area (Å²) in [6.45, 7) is 29.3. The highest BCUT2D eigenvalue weighted by atomic mass is 32.1. The molecule has 73 heavy (non-hydrogen) atoms. The SMILES string of the molecule is Cc1cc2c(cc1N1c3cc4c(cc3B3c5ccc(N(c6ccccc6)c6ccccc6)cc5N(c5ccc6c(c5)sc5ccccc56)c5cc(C(C)(C)C)cc1c53)C(C)(C)CCC4(C)C)C(C)(C)CC2(C)C. The normalized spacial score (nSPS) is 17.5. The van der Waals surface area contributed by atoms with E-state index >= 15 is 0 Å². The lowest BCUT2D eigenvalue weighted by Crippen LogP contribution is -2.62. The van der Waals surface area contributed by atoms with Gasteiger partial charge in [-0.3, -0.25) is 0 Å². The Labute approximate surface area is 438 Å². The molecule has 5 heteroatoms. The van der Waals surface area contributed by atoms with Crippen LogP contribution in [-0.4, -0.2) is 6.71 Å². The summed E-state index contributed by atoms with van der Waals surface area (Å²) >= 11 is 1.90. The Morgan fingerprint density at radius 2 is 1.01 bits per heavy atom. The summed E-state index contributed by atoms with van der Waals surface area (Å²) in [5.41, 5.74) is 23.8. The third-order valence-corrected chi connectivity index (χ3v) is 18.9. The van der Waals surface area contributed by atoms with Crippen molar-refractivity contribution >= 4 is 106 Å². The Balaban J connectivity index is 1.16. The number of para-hydroxylation sites is 2. The summed E-state index contributed by atoms with van der Waals surface area (Å²) in [4.78, 5) is 7.82. The van der Waals surface area contributed by atoms with Crippen LogP contribution in [-0.2, 0) is 27.1 Å². The summed E-state index contributed by atoms with van der Waals surface area (Å²) in [6, 6.07) is 61.0. The maximum atomic E-state index is 2.74. The summed E-state index contributed by atoms with van der Waals surface area (Å²) in [6.07, 6.45) is 3.45. The highest BCUT2D eigenvalue weighted by Crippen LogP contribution is 2.55. The van der Waals surface area contributed by atoms with Crippen molar-refractivity contribution in [1.29, 1.82) is 0 Å². The molecule has 0 fully saturated rings. The predicted octanol–water partition coefficient (Wildman–Crippen LogP) is 17.5. The molecule has 0 bridgehead atoms. The number of rotatable bonds is 5. The van der Waals surface area contributed by atoms with Crippen molar-refractivity contribution < 1.29 is 0 Å². The molecule has 3 nitrogen and oxygen atoms in total. The number of benzene rings is 8. The predicted molar refractivity (Wildman–Crippen MR) is 317 cm³/mol. The van der Waals surface area contributed by atoms with Gasteiger partial charge in [-0.15, -0.1) is 11.3 Å². The van der Waals surface area contributed by atoms with Gasteiger partial charge in [0.05, 0.1) is 0 Å². The first-order valence-electron chi connectivity index (χ1n) is 26.8. The fraction of sp³-hybridized carbons (Fsp3) is 0.294. The van der Waals surface area contributed by atoms with E-state index in [9.17, 15) is 0 Å². The maximum Gasteiger partial charge on any atom is 0.252 e. The number of aryl methyl sites for hydroxylation is 1. The lowest BCUT2D eigenvalue weighted by molar-refractivity contribution is 0.332. The molecular formula is C68H68BN3S. The van der Waals surface area contributed by atoms with Gasteiger partial charge in [0.2, 0.25) is 0 Å². The number of anilines is 9. The molecule has 0 spiro atoms. The van der Waals surface area contributed by atoms with Crippen LogP contribution in [0.2, 0.25) is 0 Å². The quantitative estimate of drug-likeness (QED) is 0.159. The number of hydrogen-bond acceptors (Lipinski definition) is 4. The second kappa shape index (κ2) is 15.7. The minimum atomic E-state index is -0.144. The van der Waals surface area contributed by atoms with Crippen LogP contribution in [0.3, 0.4) is 0 Å². The van der Waals surface area contributed by atoms with Gasteiger partial charge >= 0.3 is 0 Å². The molecule has 0 N–H and O–H groups in total. The smallest absolute Gasteiger partial charge is 0.252 e. The minimum absolute atomic E-state index is 0.0169. The first kappa shape index (κ1) is 46.2. The Morgan fingerprint density at radius 1 is 0.466 bits per heavy atom. The molecule has 0 amide bonds. The zero-order chi connectivity index (χ0) is 50.7. The van der Waals surface area contributed by atoms with Crippen LogP contribution in [0.1, 0.15) is 129 Å². The largest absolute Gasteiger partial charge is 0.311 e. The van der Waals surface area contributed by atoms with E-state index in [2.05, 4.69) is 256 Å². The van der Waals surface area contributed by atoms with Gasteiger partial charge in [0.25, 0.3) is 6.71 Å². The fourth-order valence-electron chi connectivity index (χ4n) is 14.0. The molecule has 0 atom stereocenters. The van der Waals surface area contributed by atoms with Gasteiger partial charge in [-0.1, -0.05) is 155 Å². The third kappa shape index (κ3) is 7.04. The zero-order valence-corrected chi connectivity index (χ0v) is 45.8. The van der Waals surface area contributed by atoms with Crippen LogP contribution in [0, 0.1) is 6.92 Å². The first-order valence-corrected chi connectivity index (χ1v) is 27.6. The van der Waals surface area contributed by atoms with Crippen molar-refractivity contribution in [2.24, 2.45) is 0 Å². The molecule has 8 aromatic carbocycles. The van der Waals surface area contributed by atoms with E-state index in [1.165, 1.54) is 104 Å². The van der Waals surface area contributed by atoms with E-state index in [4.69, 9.17) is 0 Å². The van der Waals surface area contributed by atoms with Gasteiger partial charge in [-0.2, -0.15) is 0 Å². The van der Waals surface area contributed by atoms with Gasteiger partial charge in [-0.25, -0.2) is 0 Å². The maximum absolute atomic E-state index is 2.74. The fourth-order valence-corrected chi connectivity index (χ4v) is 15.1. The van der Waals surface area contributed by atoms with E-state index in [1.807, 2.05) is 11.3 Å². The van der Waals surface area contributed by atoms with E-state index in [-0.39, 0.29) is 33.8 Å². The Bertz CT molecular complexity index is 3700. The Kier molecular flexibility index (Phi) is 9.97. The molecule has 0 unspecified atom stereocenters. The second-order valence-electron chi connectivity index (χ2n) is 25.7.